The molecule has 0 saturated carbocycles. The van der Waals surface area contributed by atoms with Crippen LogP contribution in [0.5, 0.6) is 5.75 Å². The molecular formula is C22H25N3O4S. The van der Waals surface area contributed by atoms with Crippen LogP contribution in [0.3, 0.4) is 0 Å². The quantitative estimate of drug-likeness (QED) is 0.559. The number of benzene rings is 2. The van der Waals surface area contributed by atoms with Gasteiger partial charge in [-0.2, -0.15) is 4.99 Å². The number of nitrogens with one attached hydrogen (secondary N) is 1. The predicted molar refractivity (Wildman–Crippen MR) is 118 cm³/mol. The summed E-state index contributed by atoms with van der Waals surface area (Å²) in [5.74, 6) is 0.343. The summed E-state index contributed by atoms with van der Waals surface area (Å²) >= 11 is 1.41. The van der Waals surface area contributed by atoms with Crippen molar-refractivity contribution in [2.45, 2.75) is 26.8 Å². The summed E-state index contributed by atoms with van der Waals surface area (Å²) in [6.07, 6.45) is 0.189. The van der Waals surface area contributed by atoms with Gasteiger partial charge in [0.1, 0.15) is 5.75 Å². The number of aromatic nitrogens is 1. The van der Waals surface area contributed by atoms with E-state index in [0.29, 0.717) is 36.0 Å². The first kappa shape index (κ1) is 21.7. The Bertz CT molecular complexity index is 1120. The van der Waals surface area contributed by atoms with Crippen LogP contribution in [0.25, 0.3) is 10.2 Å². The molecule has 0 spiro atoms. The van der Waals surface area contributed by atoms with Gasteiger partial charge in [0.25, 0.3) is 5.91 Å². The number of nitrogens with zero attached hydrogens (tertiary/aromatic N) is 2. The van der Waals surface area contributed by atoms with E-state index in [1.54, 1.807) is 7.11 Å². The van der Waals surface area contributed by atoms with Gasteiger partial charge in [0.2, 0.25) is 5.91 Å². The van der Waals surface area contributed by atoms with Crippen LogP contribution in [0, 0.1) is 0 Å². The number of rotatable bonds is 8. The van der Waals surface area contributed by atoms with Gasteiger partial charge < -0.3 is 19.4 Å². The maximum atomic E-state index is 12.7. The van der Waals surface area contributed by atoms with Crippen molar-refractivity contribution in [3.8, 4) is 5.75 Å². The molecule has 0 unspecified atom stereocenters. The first-order valence-electron chi connectivity index (χ1n) is 9.69. The van der Waals surface area contributed by atoms with Crippen molar-refractivity contribution >= 4 is 39.1 Å². The fourth-order valence-electron chi connectivity index (χ4n) is 3.06. The van der Waals surface area contributed by atoms with E-state index in [1.165, 1.54) is 18.3 Å². The Kier molecular flexibility index (Phi) is 7.37. The molecule has 1 heterocycles. The molecule has 8 heteroatoms. The van der Waals surface area contributed by atoms with E-state index >= 15 is 0 Å². The molecule has 1 N–H and O–H groups in total. The van der Waals surface area contributed by atoms with E-state index in [9.17, 15) is 9.59 Å². The second kappa shape index (κ2) is 10.2. The normalized spacial score (nSPS) is 11.6. The zero-order chi connectivity index (χ0) is 21.5. The third-order valence-electron chi connectivity index (χ3n) is 4.38. The van der Waals surface area contributed by atoms with Crippen LogP contribution in [0.4, 0.5) is 5.69 Å². The summed E-state index contributed by atoms with van der Waals surface area (Å²) in [5.41, 5.74) is 2.50. The number of methoxy groups -OCH3 is 1. The van der Waals surface area contributed by atoms with Crippen molar-refractivity contribution in [3.05, 3.63) is 52.8 Å². The summed E-state index contributed by atoms with van der Waals surface area (Å²) in [4.78, 5) is 29.0. The number of anilines is 1. The Labute approximate surface area is 179 Å². The summed E-state index contributed by atoms with van der Waals surface area (Å²) in [7, 11) is 1.60. The first-order valence-corrected chi connectivity index (χ1v) is 10.5. The minimum Gasteiger partial charge on any atom is -0.497 e. The van der Waals surface area contributed by atoms with E-state index in [2.05, 4.69) is 10.3 Å². The Morgan fingerprint density at radius 3 is 2.77 bits per heavy atom. The lowest BCUT2D eigenvalue weighted by molar-refractivity contribution is -0.117. The summed E-state index contributed by atoms with van der Waals surface area (Å²) < 4.78 is 13.6. The van der Waals surface area contributed by atoms with Crippen LogP contribution in [-0.4, -0.2) is 36.7 Å². The maximum Gasteiger partial charge on any atom is 0.252 e. The predicted octanol–water partition coefficient (Wildman–Crippen LogP) is 3.38. The SMILES string of the molecule is CCOCCn1c(=NC(=O)Cc2cccc(OC)c2)sc2cc(NC(C)=O)ccc21. The van der Waals surface area contributed by atoms with Gasteiger partial charge in [0.05, 0.1) is 30.4 Å². The summed E-state index contributed by atoms with van der Waals surface area (Å²) in [5, 5.41) is 2.79. The fraction of sp³-hybridized carbons (Fsp3) is 0.318. The molecule has 0 atom stereocenters. The standard InChI is InChI=1S/C22H25N3O4S/c1-4-29-11-10-25-19-9-8-17(23-15(2)26)14-20(19)30-22(25)24-21(27)13-16-6-5-7-18(12-16)28-3/h5-9,12,14H,4,10-11,13H2,1-3H3,(H,23,26). The Hall–Kier alpha value is -2.97. The minimum absolute atomic E-state index is 0.131. The second-order valence-corrected chi connectivity index (χ2v) is 7.64. The summed E-state index contributed by atoms with van der Waals surface area (Å²) in [6, 6.07) is 13.1. The number of hydrogen-bond donors (Lipinski definition) is 1. The number of thiazole rings is 1. The van der Waals surface area contributed by atoms with Crippen molar-refractivity contribution in [2.75, 3.05) is 25.6 Å². The van der Waals surface area contributed by atoms with Crippen molar-refractivity contribution in [1.29, 1.82) is 0 Å². The van der Waals surface area contributed by atoms with Gasteiger partial charge in [-0.15, -0.1) is 0 Å². The molecule has 3 aromatic rings. The number of amides is 2. The lowest BCUT2D eigenvalue weighted by Crippen LogP contribution is -2.20. The largest absolute Gasteiger partial charge is 0.497 e. The van der Waals surface area contributed by atoms with E-state index in [-0.39, 0.29) is 18.2 Å². The lowest BCUT2D eigenvalue weighted by Gasteiger charge is -2.06. The molecule has 0 radical (unpaired) electrons. The molecule has 0 aliphatic rings. The number of fused-ring (bicyclic) bond motifs is 1. The average molecular weight is 428 g/mol. The molecule has 0 aliphatic heterocycles. The molecule has 30 heavy (non-hydrogen) atoms. The highest BCUT2D eigenvalue weighted by molar-refractivity contribution is 7.16. The number of carbonyl (C=O) groups excluding carboxylic acids is 2. The van der Waals surface area contributed by atoms with Crippen LogP contribution in [-0.2, 0) is 27.3 Å². The summed E-state index contributed by atoms with van der Waals surface area (Å²) in [6.45, 7) is 5.14. The molecule has 3 rings (SSSR count). The topological polar surface area (TPSA) is 81.9 Å². The highest BCUT2D eigenvalue weighted by atomic mass is 32.1. The van der Waals surface area contributed by atoms with Crippen molar-refractivity contribution in [1.82, 2.24) is 4.57 Å². The number of hydrogen-bond acceptors (Lipinski definition) is 5. The molecule has 0 aliphatic carbocycles. The van der Waals surface area contributed by atoms with Crippen molar-refractivity contribution in [3.63, 3.8) is 0 Å². The van der Waals surface area contributed by atoms with Gasteiger partial charge in [-0.3, -0.25) is 9.59 Å². The lowest BCUT2D eigenvalue weighted by atomic mass is 10.1. The third kappa shape index (κ3) is 5.55. The van der Waals surface area contributed by atoms with E-state index in [4.69, 9.17) is 9.47 Å². The third-order valence-corrected chi connectivity index (χ3v) is 5.42. The van der Waals surface area contributed by atoms with E-state index in [0.717, 1.165) is 15.8 Å². The van der Waals surface area contributed by atoms with Crippen LogP contribution < -0.4 is 14.9 Å². The van der Waals surface area contributed by atoms with Gasteiger partial charge >= 0.3 is 0 Å². The monoisotopic (exact) mass is 427 g/mol. The zero-order valence-electron chi connectivity index (χ0n) is 17.3. The molecular weight excluding hydrogens is 402 g/mol. The second-order valence-electron chi connectivity index (χ2n) is 6.63. The molecule has 2 aromatic carbocycles. The van der Waals surface area contributed by atoms with Crippen LogP contribution in [0.2, 0.25) is 0 Å². The van der Waals surface area contributed by atoms with Gasteiger partial charge in [0, 0.05) is 25.8 Å². The van der Waals surface area contributed by atoms with Gasteiger partial charge in [0.15, 0.2) is 4.80 Å². The van der Waals surface area contributed by atoms with E-state index < -0.39 is 0 Å². The zero-order valence-corrected chi connectivity index (χ0v) is 18.1. The number of ether oxygens (including phenoxy) is 2. The highest BCUT2D eigenvalue weighted by Gasteiger charge is 2.10. The molecule has 0 fully saturated rings. The van der Waals surface area contributed by atoms with Crippen LogP contribution >= 0.6 is 11.3 Å². The van der Waals surface area contributed by atoms with E-state index in [1.807, 2.05) is 54.0 Å². The van der Waals surface area contributed by atoms with Gasteiger partial charge in [-0.25, -0.2) is 0 Å². The smallest absolute Gasteiger partial charge is 0.252 e. The Balaban J connectivity index is 1.95. The molecule has 7 nitrogen and oxygen atoms in total. The molecule has 158 valence electrons. The average Bonchev–Trinajstić information content (AvgIpc) is 3.04. The first-order chi connectivity index (χ1) is 14.5. The van der Waals surface area contributed by atoms with Crippen LogP contribution in [0.15, 0.2) is 47.5 Å². The fourth-order valence-corrected chi connectivity index (χ4v) is 4.17. The Morgan fingerprint density at radius 1 is 1.20 bits per heavy atom. The molecule has 2 amide bonds. The van der Waals surface area contributed by atoms with Crippen molar-refractivity contribution < 1.29 is 19.1 Å². The minimum atomic E-state index is -0.234. The Morgan fingerprint density at radius 2 is 2.03 bits per heavy atom. The van der Waals surface area contributed by atoms with Crippen LogP contribution in [0.1, 0.15) is 19.4 Å². The molecule has 1 aromatic heterocycles. The van der Waals surface area contributed by atoms with Gasteiger partial charge in [-0.05, 0) is 42.8 Å². The van der Waals surface area contributed by atoms with Gasteiger partial charge in [-0.1, -0.05) is 23.5 Å². The molecule has 0 bridgehead atoms. The number of carbonyl (C=O) groups is 2. The highest BCUT2D eigenvalue weighted by Crippen LogP contribution is 2.22. The maximum absolute atomic E-state index is 12.7. The van der Waals surface area contributed by atoms with Crippen molar-refractivity contribution in [2.24, 2.45) is 4.99 Å². The molecule has 0 saturated heterocycles.